The second kappa shape index (κ2) is 6.17. The molecule has 2 heterocycles. The SMILES string of the molecule is CCC(C)C(C)NC(=O)c1csc(-c2cnn(C)c2)n1. The summed E-state index contributed by atoms with van der Waals surface area (Å²) >= 11 is 1.46. The Morgan fingerprint density at radius 3 is 2.85 bits per heavy atom. The van der Waals surface area contributed by atoms with E-state index in [0.717, 1.165) is 17.0 Å². The highest BCUT2D eigenvalue weighted by atomic mass is 32.1. The highest BCUT2D eigenvalue weighted by Gasteiger charge is 2.17. The number of hydrogen-bond donors (Lipinski definition) is 1. The highest BCUT2D eigenvalue weighted by Crippen LogP contribution is 2.23. The van der Waals surface area contributed by atoms with Crippen LogP contribution < -0.4 is 5.32 Å². The molecule has 5 nitrogen and oxygen atoms in total. The zero-order valence-electron chi connectivity index (χ0n) is 12.3. The minimum Gasteiger partial charge on any atom is -0.348 e. The summed E-state index contributed by atoms with van der Waals surface area (Å²) in [6.07, 6.45) is 4.68. The molecule has 0 radical (unpaired) electrons. The second-order valence-corrected chi connectivity index (χ2v) is 5.95. The molecule has 20 heavy (non-hydrogen) atoms. The zero-order valence-corrected chi connectivity index (χ0v) is 13.1. The van der Waals surface area contributed by atoms with Gasteiger partial charge in [-0.15, -0.1) is 11.3 Å². The third-order valence-electron chi connectivity index (χ3n) is 3.54. The summed E-state index contributed by atoms with van der Waals surface area (Å²) in [5.41, 5.74) is 1.41. The van der Waals surface area contributed by atoms with Gasteiger partial charge < -0.3 is 5.32 Å². The van der Waals surface area contributed by atoms with Gasteiger partial charge in [0.05, 0.1) is 6.20 Å². The topological polar surface area (TPSA) is 59.8 Å². The standard InChI is InChI=1S/C14H20N4OS/c1-5-9(2)10(3)16-13(19)12-8-20-14(17-12)11-6-15-18(4)7-11/h6-10H,5H2,1-4H3,(H,16,19). The number of carbonyl (C=O) groups excluding carboxylic acids is 1. The van der Waals surface area contributed by atoms with Crippen LogP contribution in [0.2, 0.25) is 0 Å². The van der Waals surface area contributed by atoms with Crippen LogP contribution in [-0.4, -0.2) is 26.7 Å². The molecule has 2 unspecified atom stereocenters. The van der Waals surface area contributed by atoms with Gasteiger partial charge in [-0.05, 0) is 12.8 Å². The van der Waals surface area contributed by atoms with Crippen LogP contribution in [0.15, 0.2) is 17.8 Å². The van der Waals surface area contributed by atoms with Gasteiger partial charge in [0.25, 0.3) is 5.91 Å². The van der Waals surface area contributed by atoms with Crippen molar-refractivity contribution in [3.05, 3.63) is 23.5 Å². The lowest BCUT2D eigenvalue weighted by atomic mass is 10.0. The molecule has 2 aromatic heterocycles. The maximum atomic E-state index is 12.1. The monoisotopic (exact) mass is 292 g/mol. The molecular weight excluding hydrogens is 272 g/mol. The minimum absolute atomic E-state index is 0.107. The summed E-state index contributed by atoms with van der Waals surface area (Å²) in [6, 6.07) is 0.149. The van der Waals surface area contributed by atoms with Crippen molar-refractivity contribution in [3.8, 4) is 10.6 Å². The molecule has 2 atom stereocenters. The van der Waals surface area contributed by atoms with Crippen LogP contribution in [0.25, 0.3) is 10.6 Å². The van der Waals surface area contributed by atoms with E-state index in [4.69, 9.17) is 0 Å². The van der Waals surface area contributed by atoms with Gasteiger partial charge in [-0.3, -0.25) is 9.48 Å². The maximum absolute atomic E-state index is 12.1. The highest BCUT2D eigenvalue weighted by molar-refractivity contribution is 7.13. The number of nitrogens with zero attached hydrogens (tertiary/aromatic N) is 3. The Bertz CT molecular complexity index is 590. The second-order valence-electron chi connectivity index (χ2n) is 5.09. The van der Waals surface area contributed by atoms with Gasteiger partial charge in [-0.1, -0.05) is 20.3 Å². The molecule has 0 aliphatic heterocycles. The van der Waals surface area contributed by atoms with Gasteiger partial charge in [0.2, 0.25) is 0 Å². The van der Waals surface area contributed by atoms with Crippen molar-refractivity contribution in [1.82, 2.24) is 20.1 Å². The van der Waals surface area contributed by atoms with Gasteiger partial charge in [0.15, 0.2) is 0 Å². The minimum atomic E-state index is -0.107. The van der Waals surface area contributed by atoms with E-state index < -0.39 is 0 Å². The van der Waals surface area contributed by atoms with Crippen LogP contribution in [0.3, 0.4) is 0 Å². The third kappa shape index (κ3) is 3.25. The molecule has 0 bridgehead atoms. The Labute approximate surface area is 123 Å². The van der Waals surface area contributed by atoms with E-state index in [0.29, 0.717) is 11.6 Å². The van der Waals surface area contributed by atoms with E-state index in [1.165, 1.54) is 11.3 Å². The molecule has 0 saturated carbocycles. The molecule has 0 saturated heterocycles. The lowest BCUT2D eigenvalue weighted by molar-refractivity contribution is 0.0924. The number of rotatable bonds is 5. The van der Waals surface area contributed by atoms with Gasteiger partial charge in [-0.2, -0.15) is 5.10 Å². The zero-order chi connectivity index (χ0) is 14.7. The van der Waals surface area contributed by atoms with Gasteiger partial charge in [0.1, 0.15) is 10.7 Å². The van der Waals surface area contributed by atoms with Gasteiger partial charge in [-0.25, -0.2) is 4.98 Å². The van der Waals surface area contributed by atoms with Crippen molar-refractivity contribution in [2.75, 3.05) is 0 Å². The molecule has 1 N–H and O–H groups in total. The molecule has 0 fully saturated rings. The van der Waals surface area contributed by atoms with E-state index in [2.05, 4.69) is 29.2 Å². The number of aryl methyl sites for hydroxylation is 1. The molecule has 108 valence electrons. The van der Waals surface area contributed by atoms with Crippen LogP contribution in [0, 0.1) is 5.92 Å². The molecule has 0 aliphatic carbocycles. The van der Waals surface area contributed by atoms with Crippen LogP contribution in [-0.2, 0) is 7.05 Å². The van der Waals surface area contributed by atoms with Crippen LogP contribution in [0.1, 0.15) is 37.7 Å². The van der Waals surface area contributed by atoms with Crippen LogP contribution in [0.4, 0.5) is 0 Å². The molecule has 0 aliphatic rings. The number of thiazole rings is 1. The fourth-order valence-electron chi connectivity index (χ4n) is 1.82. The average molecular weight is 292 g/mol. The summed E-state index contributed by atoms with van der Waals surface area (Å²) in [4.78, 5) is 16.5. The van der Waals surface area contributed by atoms with Crippen molar-refractivity contribution >= 4 is 17.2 Å². The van der Waals surface area contributed by atoms with Crippen molar-refractivity contribution < 1.29 is 4.79 Å². The fraction of sp³-hybridized carbons (Fsp3) is 0.500. The predicted octanol–water partition coefficient (Wildman–Crippen LogP) is 2.71. The fourth-order valence-corrected chi connectivity index (χ4v) is 2.59. The molecule has 2 rings (SSSR count). The van der Waals surface area contributed by atoms with E-state index >= 15 is 0 Å². The van der Waals surface area contributed by atoms with E-state index in [-0.39, 0.29) is 11.9 Å². The predicted molar refractivity (Wildman–Crippen MR) is 80.7 cm³/mol. The third-order valence-corrected chi connectivity index (χ3v) is 4.44. The normalized spacial score (nSPS) is 14.0. The lowest BCUT2D eigenvalue weighted by Crippen LogP contribution is -2.37. The Hall–Kier alpha value is -1.69. The molecule has 0 aromatic carbocycles. The number of nitrogens with one attached hydrogen (secondary N) is 1. The van der Waals surface area contributed by atoms with Crippen molar-refractivity contribution in [2.24, 2.45) is 13.0 Å². The van der Waals surface area contributed by atoms with Crippen molar-refractivity contribution in [3.63, 3.8) is 0 Å². The molecule has 6 heteroatoms. The summed E-state index contributed by atoms with van der Waals surface area (Å²) in [5, 5.41) is 9.73. The van der Waals surface area contributed by atoms with Crippen LogP contribution >= 0.6 is 11.3 Å². The van der Waals surface area contributed by atoms with Crippen molar-refractivity contribution in [2.45, 2.75) is 33.2 Å². The summed E-state index contributed by atoms with van der Waals surface area (Å²) in [6.45, 7) is 6.28. The molecular formula is C14H20N4OS. The largest absolute Gasteiger partial charge is 0.348 e. The van der Waals surface area contributed by atoms with E-state index in [1.54, 1.807) is 16.3 Å². The average Bonchev–Trinajstić information content (AvgIpc) is 3.05. The Morgan fingerprint density at radius 2 is 2.25 bits per heavy atom. The Kier molecular flexibility index (Phi) is 4.54. The molecule has 0 spiro atoms. The van der Waals surface area contributed by atoms with Gasteiger partial charge in [0, 0.05) is 30.2 Å². The number of carbonyl (C=O) groups is 1. The first-order valence-electron chi connectivity index (χ1n) is 6.76. The summed E-state index contributed by atoms with van der Waals surface area (Å²) in [7, 11) is 1.86. The van der Waals surface area contributed by atoms with Gasteiger partial charge >= 0.3 is 0 Å². The first-order chi connectivity index (χ1) is 9.51. The first kappa shape index (κ1) is 14.7. The number of amides is 1. The Morgan fingerprint density at radius 1 is 1.50 bits per heavy atom. The van der Waals surface area contributed by atoms with E-state index in [1.807, 2.05) is 20.2 Å². The smallest absolute Gasteiger partial charge is 0.270 e. The number of hydrogen-bond acceptors (Lipinski definition) is 4. The lowest BCUT2D eigenvalue weighted by Gasteiger charge is -2.19. The first-order valence-corrected chi connectivity index (χ1v) is 7.64. The molecule has 1 amide bonds. The summed E-state index contributed by atoms with van der Waals surface area (Å²) < 4.78 is 1.72. The van der Waals surface area contributed by atoms with E-state index in [9.17, 15) is 4.79 Å². The molecule has 2 aromatic rings. The quantitative estimate of drug-likeness (QED) is 0.921. The Balaban J connectivity index is 2.07. The maximum Gasteiger partial charge on any atom is 0.270 e. The van der Waals surface area contributed by atoms with Crippen molar-refractivity contribution in [1.29, 1.82) is 0 Å². The number of aromatic nitrogens is 3. The van der Waals surface area contributed by atoms with Crippen LogP contribution in [0.5, 0.6) is 0 Å². The summed E-state index contributed by atoms with van der Waals surface area (Å²) in [5.74, 6) is 0.347.